The molecule has 0 aromatic heterocycles. The van der Waals surface area contributed by atoms with E-state index in [2.05, 4.69) is 30.3 Å². The molecule has 0 heterocycles. The van der Waals surface area contributed by atoms with Crippen molar-refractivity contribution in [2.24, 2.45) is 5.92 Å². The zero-order valence-electron chi connectivity index (χ0n) is 22.5. The topological polar surface area (TPSA) is 117 Å². The van der Waals surface area contributed by atoms with Crippen LogP contribution in [0.1, 0.15) is 62.8 Å². The second kappa shape index (κ2) is 12.6. The van der Waals surface area contributed by atoms with E-state index in [0.29, 0.717) is 12.3 Å². The first kappa shape index (κ1) is 28.7. The number of aliphatic carboxylic acids is 1. The summed E-state index contributed by atoms with van der Waals surface area (Å²) in [6.07, 6.45) is 2.22. The number of nitriles is 1. The fraction of sp³-hybridized carbons (Fsp3) is 0.467. The van der Waals surface area contributed by atoms with Gasteiger partial charge in [-0.2, -0.15) is 5.26 Å². The number of hydrogen-bond acceptors (Lipinski definition) is 6. The van der Waals surface area contributed by atoms with Gasteiger partial charge in [0.15, 0.2) is 6.10 Å². The van der Waals surface area contributed by atoms with Crippen LogP contribution in [0.4, 0.5) is 0 Å². The summed E-state index contributed by atoms with van der Waals surface area (Å²) < 4.78 is 11.5. The first-order valence-electron chi connectivity index (χ1n) is 12.9. The van der Waals surface area contributed by atoms with Crippen molar-refractivity contribution in [3.8, 4) is 11.8 Å². The van der Waals surface area contributed by atoms with Gasteiger partial charge in [0.1, 0.15) is 18.4 Å². The molecule has 202 valence electrons. The Morgan fingerprint density at radius 3 is 2.34 bits per heavy atom. The monoisotopic (exact) mass is 520 g/mol. The molecule has 38 heavy (non-hydrogen) atoms. The lowest BCUT2D eigenvalue weighted by molar-refractivity contribution is -0.153. The number of esters is 1. The van der Waals surface area contributed by atoms with Crippen LogP contribution in [0, 0.1) is 17.2 Å². The van der Waals surface area contributed by atoms with E-state index in [1.807, 2.05) is 13.8 Å². The molecule has 0 fully saturated rings. The van der Waals surface area contributed by atoms with Gasteiger partial charge in [-0.15, -0.1) is 0 Å². The van der Waals surface area contributed by atoms with Crippen LogP contribution in [0.2, 0.25) is 0 Å². The Morgan fingerprint density at radius 2 is 1.79 bits per heavy atom. The highest BCUT2D eigenvalue weighted by Gasteiger charge is 2.36. The Bertz CT molecular complexity index is 1190. The van der Waals surface area contributed by atoms with Crippen molar-refractivity contribution in [3.63, 3.8) is 0 Å². The first-order chi connectivity index (χ1) is 18.0. The van der Waals surface area contributed by atoms with Crippen LogP contribution in [0.15, 0.2) is 42.5 Å². The van der Waals surface area contributed by atoms with Crippen molar-refractivity contribution < 1.29 is 29.0 Å². The minimum Gasteiger partial charge on any atom is -0.488 e. The molecule has 0 aliphatic heterocycles. The lowest BCUT2D eigenvalue weighted by Crippen LogP contribution is -2.52. The lowest BCUT2D eigenvalue weighted by Gasteiger charge is -2.41. The number of ether oxygens (including phenoxy) is 2. The van der Waals surface area contributed by atoms with E-state index in [9.17, 15) is 19.6 Å². The van der Waals surface area contributed by atoms with E-state index < -0.39 is 23.6 Å². The van der Waals surface area contributed by atoms with E-state index >= 15 is 0 Å². The molecule has 1 aliphatic carbocycles. The van der Waals surface area contributed by atoms with Crippen LogP contribution >= 0.6 is 0 Å². The number of carboxylic acid groups (broad SMARTS) is 1. The number of carbonyl (C=O) groups is 3. The summed E-state index contributed by atoms with van der Waals surface area (Å²) >= 11 is 0. The van der Waals surface area contributed by atoms with Gasteiger partial charge in [0, 0.05) is 25.8 Å². The summed E-state index contributed by atoms with van der Waals surface area (Å²) in [5, 5.41) is 18.5. The maximum Gasteiger partial charge on any atom is 0.303 e. The molecule has 0 bridgehead atoms. The van der Waals surface area contributed by atoms with Gasteiger partial charge < -0.3 is 19.5 Å². The first-order valence-corrected chi connectivity index (χ1v) is 12.9. The number of amides is 1. The molecule has 0 spiro atoms. The van der Waals surface area contributed by atoms with Gasteiger partial charge in [0.2, 0.25) is 5.91 Å². The van der Waals surface area contributed by atoms with Crippen molar-refractivity contribution in [3.05, 3.63) is 64.7 Å². The molecular formula is C30H36N2O6. The van der Waals surface area contributed by atoms with Gasteiger partial charge >= 0.3 is 11.9 Å². The molecule has 0 saturated carbocycles. The molecule has 0 radical (unpaired) electrons. The maximum atomic E-state index is 12.8. The van der Waals surface area contributed by atoms with Gasteiger partial charge in [-0.05, 0) is 74.3 Å². The largest absolute Gasteiger partial charge is 0.488 e. The molecule has 2 aromatic carbocycles. The Morgan fingerprint density at radius 1 is 1.13 bits per heavy atom. The third kappa shape index (κ3) is 7.82. The second-order valence-corrected chi connectivity index (χ2v) is 10.6. The van der Waals surface area contributed by atoms with Crippen LogP contribution in [-0.2, 0) is 38.4 Å². The van der Waals surface area contributed by atoms with E-state index in [4.69, 9.17) is 14.6 Å². The smallest absolute Gasteiger partial charge is 0.303 e. The van der Waals surface area contributed by atoms with Crippen LogP contribution < -0.4 is 4.74 Å². The van der Waals surface area contributed by atoms with Crippen molar-refractivity contribution in [2.75, 3.05) is 13.2 Å². The maximum absolute atomic E-state index is 12.8. The van der Waals surface area contributed by atoms with Gasteiger partial charge in [-0.1, -0.05) is 30.3 Å². The molecule has 0 saturated heterocycles. The highest BCUT2D eigenvalue weighted by atomic mass is 16.6. The SMILES string of the molecule is CC(=O)O[C@H](COc1cc(CCC(=O)O)ccc1C#N)CN(C(C)=O)C(C)(C)CC1Cc2ccccc2C1. The quantitative estimate of drug-likeness (QED) is 0.414. The molecule has 8 heteroatoms. The number of rotatable bonds is 12. The molecule has 8 nitrogen and oxygen atoms in total. The Kier molecular flexibility index (Phi) is 9.51. The summed E-state index contributed by atoms with van der Waals surface area (Å²) in [6.45, 7) is 6.95. The third-order valence-corrected chi connectivity index (χ3v) is 6.97. The highest BCUT2D eigenvalue weighted by Crippen LogP contribution is 2.34. The normalized spacial score (nSPS) is 13.8. The van der Waals surface area contributed by atoms with Crippen molar-refractivity contribution >= 4 is 17.8 Å². The average molecular weight is 521 g/mol. The standard InChI is InChI=1S/C30H36N2O6/c1-20(33)32(30(3,4)16-23-13-24-7-5-6-8-25(24)14-23)18-27(38-21(2)34)19-37-28-15-22(10-12-29(35)36)9-11-26(28)17-31/h5-9,11,15,23,27H,10,12-14,16,18-19H2,1-4H3,(H,35,36)/t27-/m0/s1. The Hall–Kier alpha value is -3.86. The zero-order valence-corrected chi connectivity index (χ0v) is 22.5. The number of aryl methyl sites for hydroxylation is 1. The predicted molar refractivity (Wildman–Crippen MR) is 142 cm³/mol. The van der Waals surface area contributed by atoms with Gasteiger partial charge in [-0.25, -0.2) is 0 Å². The third-order valence-electron chi connectivity index (χ3n) is 6.97. The van der Waals surface area contributed by atoms with Gasteiger partial charge in [0.25, 0.3) is 0 Å². The minimum atomic E-state index is -0.917. The molecule has 1 N–H and O–H groups in total. The highest BCUT2D eigenvalue weighted by molar-refractivity contribution is 5.74. The van der Waals surface area contributed by atoms with Crippen molar-refractivity contribution in [1.82, 2.24) is 4.90 Å². The number of nitrogens with zero attached hydrogens (tertiary/aromatic N) is 2. The molecule has 1 aliphatic rings. The van der Waals surface area contributed by atoms with Gasteiger partial charge in [-0.3, -0.25) is 14.4 Å². The van der Waals surface area contributed by atoms with Crippen molar-refractivity contribution in [1.29, 1.82) is 5.26 Å². The fourth-order valence-electron chi connectivity index (χ4n) is 5.34. The summed E-state index contributed by atoms with van der Waals surface area (Å²) in [6, 6.07) is 15.4. The molecule has 1 atom stereocenters. The summed E-state index contributed by atoms with van der Waals surface area (Å²) in [5.74, 6) is -0.859. The lowest BCUT2D eigenvalue weighted by atomic mass is 9.87. The molecule has 3 rings (SSSR count). The average Bonchev–Trinajstić information content (AvgIpc) is 3.25. The Balaban J connectivity index is 1.72. The molecule has 1 amide bonds. The fourth-order valence-corrected chi connectivity index (χ4v) is 5.34. The van der Waals surface area contributed by atoms with E-state index in [1.165, 1.54) is 25.0 Å². The summed E-state index contributed by atoms with van der Waals surface area (Å²) in [7, 11) is 0. The number of hydrogen-bond donors (Lipinski definition) is 1. The van der Waals surface area contributed by atoms with Crippen LogP contribution in [0.3, 0.4) is 0 Å². The zero-order chi connectivity index (χ0) is 27.9. The number of benzene rings is 2. The van der Waals surface area contributed by atoms with Crippen LogP contribution in [0.5, 0.6) is 5.75 Å². The molecular weight excluding hydrogens is 484 g/mol. The molecule has 2 aromatic rings. The summed E-state index contributed by atoms with van der Waals surface area (Å²) in [5.41, 5.74) is 3.22. The van der Waals surface area contributed by atoms with E-state index in [1.54, 1.807) is 23.1 Å². The van der Waals surface area contributed by atoms with Gasteiger partial charge in [0.05, 0.1) is 12.1 Å². The van der Waals surface area contributed by atoms with Crippen LogP contribution in [-0.4, -0.2) is 52.6 Å². The van der Waals surface area contributed by atoms with Crippen LogP contribution in [0.25, 0.3) is 0 Å². The predicted octanol–water partition coefficient (Wildman–Crippen LogP) is 4.32. The Labute approximate surface area is 224 Å². The van der Waals surface area contributed by atoms with E-state index in [-0.39, 0.29) is 36.8 Å². The number of carbonyl (C=O) groups excluding carboxylic acids is 2. The number of fused-ring (bicyclic) bond motifs is 1. The minimum absolute atomic E-state index is 0.0455. The van der Waals surface area contributed by atoms with Crippen molar-refractivity contribution in [2.45, 2.75) is 71.4 Å². The second-order valence-electron chi connectivity index (χ2n) is 10.6. The molecule has 0 unspecified atom stereocenters. The number of carboxylic acids is 1. The van der Waals surface area contributed by atoms with E-state index in [0.717, 1.165) is 24.8 Å². The summed E-state index contributed by atoms with van der Waals surface area (Å²) in [4.78, 5) is 37.4.